The fraction of sp³-hybridized carbons (Fsp3) is 0.588. The van der Waals surface area contributed by atoms with Crippen molar-refractivity contribution in [2.45, 2.75) is 51.2 Å². The molecular formula is C17H25NO3. The molecule has 0 bridgehead atoms. The molecule has 4 nitrogen and oxygen atoms in total. The molecule has 2 rings (SSSR count). The average molecular weight is 291 g/mol. The topological polar surface area (TPSA) is 58.6 Å². The molecule has 116 valence electrons. The lowest BCUT2D eigenvalue weighted by Gasteiger charge is -2.37. The fourth-order valence-electron chi connectivity index (χ4n) is 2.85. The number of benzene rings is 1. The van der Waals surface area contributed by atoms with Crippen molar-refractivity contribution in [3.05, 3.63) is 29.8 Å². The first-order valence-corrected chi connectivity index (χ1v) is 7.57. The van der Waals surface area contributed by atoms with Gasteiger partial charge in [0.15, 0.2) is 6.10 Å². The van der Waals surface area contributed by atoms with Crippen molar-refractivity contribution in [3.8, 4) is 5.75 Å². The highest BCUT2D eigenvalue weighted by Gasteiger charge is 2.32. The molecule has 0 spiro atoms. The quantitative estimate of drug-likeness (QED) is 0.897. The normalized spacial score (nSPS) is 27.0. The summed E-state index contributed by atoms with van der Waals surface area (Å²) in [5.41, 5.74) is 0.350. The zero-order chi connectivity index (χ0) is 15.5. The largest absolute Gasteiger partial charge is 0.497 e. The predicted molar refractivity (Wildman–Crippen MR) is 82.1 cm³/mol. The fourth-order valence-corrected chi connectivity index (χ4v) is 2.85. The third-order valence-electron chi connectivity index (χ3n) is 4.46. The Morgan fingerprint density at radius 2 is 2.10 bits per heavy atom. The molecule has 1 amide bonds. The Balaban J connectivity index is 2.02. The van der Waals surface area contributed by atoms with E-state index in [-0.39, 0.29) is 11.4 Å². The molecule has 0 saturated heterocycles. The Morgan fingerprint density at radius 3 is 2.71 bits per heavy atom. The van der Waals surface area contributed by atoms with Crippen molar-refractivity contribution < 1.29 is 14.6 Å². The minimum Gasteiger partial charge on any atom is -0.497 e. The van der Waals surface area contributed by atoms with Gasteiger partial charge in [0.05, 0.1) is 7.11 Å². The zero-order valence-electron chi connectivity index (χ0n) is 13.1. The molecule has 0 radical (unpaired) electrons. The highest BCUT2D eigenvalue weighted by molar-refractivity contribution is 5.82. The molecule has 4 heteroatoms. The number of carbonyl (C=O) groups is 1. The first-order chi connectivity index (χ1) is 9.93. The standard InChI is InChI=1S/C17H25NO3/c1-12-7-9-17(2,10-8-12)18-16(20)15(19)13-5-4-6-14(11-13)21-3/h4-6,11-12,15,19H,7-10H2,1-3H3,(H,18,20). The number of amides is 1. The van der Waals surface area contributed by atoms with Crippen LogP contribution in [-0.2, 0) is 4.79 Å². The predicted octanol–water partition coefficient (Wildman–Crippen LogP) is 2.81. The minimum absolute atomic E-state index is 0.205. The number of aliphatic hydroxyl groups is 1. The molecule has 0 aliphatic heterocycles. The lowest BCUT2D eigenvalue weighted by Crippen LogP contribution is -2.49. The van der Waals surface area contributed by atoms with Crippen LogP contribution in [0.4, 0.5) is 0 Å². The Morgan fingerprint density at radius 1 is 1.43 bits per heavy atom. The van der Waals surface area contributed by atoms with Crippen molar-refractivity contribution in [3.63, 3.8) is 0 Å². The second kappa shape index (κ2) is 6.48. The molecule has 1 aliphatic rings. The summed E-state index contributed by atoms with van der Waals surface area (Å²) >= 11 is 0. The Bertz CT molecular complexity index is 493. The van der Waals surface area contributed by atoms with E-state index >= 15 is 0 Å². The van der Waals surface area contributed by atoms with Crippen LogP contribution in [0.2, 0.25) is 0 Å². The molecule has 1 atom stereocenters. The van der Waals surface area contributed by atoms with Gasteiger partial charge in [-0.3, -0.25) is 4.79 Å². The van der Waals surface area contributed by atoms with Crippen molar-refractivity contribution in [1.29, 1.82) is 0 Å². The van der Waals surface area contributed by atoms with Gasteiger partial charge in [-0.15, -0.1) is 0 Å². The van der Waals surface area contributed by atoms with E-state index in [1.54, 1.807) is 31.4 Å². The first kappa shape index (κ1) is 15.8. The highest BCUT2D eigenvalue weighted by atomic mass is 16.5. The summed E-state index contributed by atoms with van der Waals surface area (Å²) in [4.78, 5) is 12.3. The van der Waals surface area contributed by atoms with Gasteiger partial charge in [-0.05, 0) is 56.2 Å². The third kappa shape index (κ3) is 3.97. The molecule has 1 aliphatic carbocycles. The van der Waals surface area contributed by atoms with Crippen LogP contribution in [0.15, 0.2) is 24.3 Å². The van der Waals surface area contributed by atoms with E-state index < -0.39 is 6.10 Å². The second-order valence-electron chi connectivity index (χ2n) is 6.41. The van der Waals surface area contributed by atoms with Gasteiger partial charge in [-0.25, -0.2) is 0 Å². The number of hydrogen-bond donors (Lipinski definition) is 2. The maximum Gasteiger partial charge on any atom is 0.253 e. The molecule has 1 saturated carbocycles. The number of rotatable bonds is 4. The van der Waals surface area contributed by atoms with Gasteiger partial charge in [-0.2, -0.15) is 0 Å². The summed E-state index contributed by atoms with van der Waals surface area (Å²) in [6.07, 6.45) is 3.00. The van der Waals surface area contributed by atoms with Gasteiger partial charge in [-0.1, -0.05) is 19.1 Å². The van der Waals surface area contributed by atoms with Crippen molar-refractivity contribution in [1.82, 2.24) is 5.32 Å². The minimum atomic E-state index is -1.16. The van der Waals surface area contributed by atoms with E-state index in [2.05, 4.69) is 19.2 Å². The molecule has 0 heterocycles. The van der Waals surface area contributed by atoms with Crippen LogP contribution in [0.5, 0.6) is 5.75 Å². The van der Waals surface area contributed by atoms with Crippen molar-refractivity contribution in [2.75, 3.05) is 7.11 Å². The number of aliphatic hydroxyl groups excluding tert-OH is 1. The smallest absolute Gasteiger partial charge is 0.253 e. The lowest BCUT2D eigenvalue weighted by atomic mass is 9.78. The van der Waals surface area contributed by atoms with Gasteiger partial charge in [0.2, 0.25) is 0 Å². The van der Waals surface area contributed by atoms with Gasteiger partial charge in [0, 0.05) is 5.54 Å². The van der Waals surface area contributed by atoms with Crippen LogP contribution < -0.4 is 10.1 Å². The monoisotopic (exact) mass is 291 g/mol. The number of methoxy groups -OCH3 is 1. The van der Waals surface area contributed by atoms with Gasteiger partial charge < -0.3 is 15.2 Å². The van der Waals surface area contributed by atoms with Crippen LogP contribution in [0.25, 0.3) is 0 Å². The molecule has 1 aromatic rings. The molecule has 1 aromatic carbocycles. The summed E-state index contributed by atoms with van der Waals surface area (Å²) in [7, 11) is 1.57. The first-order valence-electron chi connectivity index (χ1n) is 7.57. The third-order valence-corrected chi connectivity index (χ3v) is 4.46. The number of hydrogen-bond acceptors (Lipinski definition) is 3. The Hall–Kier alpha value is -1.55. The zero-order valence-corrected chi connectivity index (χ0v) is 13.1. The summed E-state index contributed by atoms with van der Waals surface area (Å²) < 4.78 is 5.12. The molecule has 2 N–H and O–H groups in total. The van der Waals surface area contributed by atoms with E-state index in [0.717, 1.165) is 31.6 Å². The summed E-state index contributed by atoms with van der Waals surface area (Å²) in [5, 5.41) is 13.3. The highest BCUT2D eigenvalue weighted by Crippen LogP contribution is 2.32. The molecule has 1 fully saturated rings. The van der Waals surface area contributed by atoms with Crippen LogP contribution in [0.3, 0.4) is 0 Å². The number of ether oxygens (including phenoxy) is 1. The SMILES string of the molecule is COc1cccc(C(O)C(=O)NC2(C)CCC(C)CC2)c1. The molecule has 0 aromatic heterocycles. The van der Waals surface area contributed by atoms with Crippen LogP contribution in [0.1, 0.15) is 51.2 Å². The molecule has 1 unspecified atom stereocenters. The number of carbonyl (C=O) groups excluding carboxylic acids is 1. The van der Waals surface area contributed by atoms with E-state index in [1.165, 1.54) is 0 Å². The van der Waals surface area contributed by atoms with Crippen LogP contribution >= 0.6 is 0 Å². The van der Waals surface area contributed by atoms with Crippen LogP contribution in [-0.4, -0.2) is 23.7 Å². The van der Waals surface area contributed by atoms with Crippen molar-refractivity contribution in [2.24, 2.45) is 5.92 Å². The van der Waals surface area contributed by atoms with Crippen LogP contribution in [0, 0.1) is 5.92 Å². The summed E-state index contributed by atoms with van der Waals surface area (Å²) in [5.74, 6) is 1.02. The van der Waals surface area contributed by atoms with Gasteiger partial charge in [0.25, 0.3) is 5.91 Å². The van der Waals surface area contributed by atoms with Gasteiger partial charge in [0.1, 0.15) is 5.75 Å². The van der Waals surface area contributed by atoms with Gasteiger partial charge >= 0.3 is 0 Å². The summed E-state index contributed by atoms with van der Waals surface area (Å²) in [6.45, 7) is 4.31. The Kier molecular flexibility index (Phi) is 4.88. The Labute approximate surface area is 126 Å². The molecular weight excluding hydrogens is 266 g/mol. The van der Waals surface area contributed by atoms with E-state index in [1.807, 2.05) is 0 Å². The average Bonchev–Trinajstić information content (AvgIpc) is 2.49. The van der Waals surface area contributed by atoms with E-state index in [0.29, 0.717) is 11.3 Å². The lowest BCUT2D eigenvalue weighted by molar-refractivity contribution is -0.132. The maximum absolute atomic E-state index is 12.3. The second-order valence-corrected chi connectivity index (χ2v) is 6.41. The molecule has 21 heavy (non-hydrogen) atoms. The maximum atomic E-state index is 12.3. The van der Waals surface area contributed by atoms with E-state index in [4.69, 9.17) is 4.74 Å². The summed E-state index contributed by atoms with van der Waals surface area (Å²) in [6, 6.07) is 6.99. The van der Waals surface area contributed by atoms with E-state index in [9.17, 15) is 9.90 Å². The van der Waals surface area contributed by atoms with Crippen molar-refractivity contribution >= 4 is 5.91 Å². The number of nitrogens with one attached hydrogen (secondary N) is 1.